The van der Waals surface area contributed by atoms with Gasteiger partial charge in [0.25, 0.3) is 0 Å². The Morgan fingerprint density at radius 1 is 0.905 bits per heavy atom. The average molecular weight is 419 g/mol. The van der Waals surface area contributed by atoms with E-state index in [-0.39, 0.29) is 14.9 Å². The van der Waals surface area contributed by atoms with Crippen LogP contribution in [0.3, 0.4) is 0 Å². The van der Waals surface area contributed by atoms with Crippen molar-refractivity contribution in [1.82, 2.24) is 0 Å². The lowest BCUT2D eigenvalue weighted by Gasteiger charge is -2.12. The third-order valence-electron chi connectivity index (χ3n) is 2.36. The van der Waals surface area contributed by atoms with Crippen molar-refractivity contribution in [2.24, 2.45) is 0 Å². The van der Waals surface area contributed by atoms with Crippen LogP contribution in [0.1, 0.15) is 0 Å². The lowest BCUT2D eigenvalue weighted by atomic mass is 10.3. The van der Waals surface area contributed by atoms with Crippen molar-refractivity contribution in [3.05, 3.63) is 44.4 Å². The molecule has 2 aromatic carbocycles. The molecule has 0 amide bonds. The van der Waals surface area contributed by atoms with Crippen LogP contribution in [0.4, 0.5) is 0 Å². The summed E-state index contributed by atoms with van der Waals surface area (Å²) < 4.78 is 22.0. The second kappa shape index (κ2) is 7.32. The maximum atomic E-state index is 11.0. The molecule has 0 heterocycles. The van der Waals surface area contributed by atoms with E-state index in [0.717, 1.165) is 4.90 Å². The smallest absolute Gasteiger partial charge is 0.0622 e. The van der Waals surface area contributed by atoms with Gasteiger partial charge in [0, 0.05) is 14.7 Å². The Morgan fingerprint density at radius 3 is 1.67 bits per heavy atom. The highest BCUT2D eigenvalue weighted by Crippen LogP contribution is 2.39. The molecule has 2 nitrogen and oxygen atoms in total. The van der Waals surface area contributed by atoms with Gasteiger partial charge in [-0.25, -0.2) is 0 Å². The predicted molar refractivity (Wildman–Crippen MR) is 91.5 cm³/mol. The molecule has 0 spiro atoms. The summed E-state index contributed by atoms with van der Waals surface area (Å²) in [7, 11) is 0. The zero-order valence-corrected chi connectivity index (χ0v) is 15.5. The van der Waals surface area contributed by atoms with Crippen LogP contribution in [0.5, 0.6) is 0 Å². The van der Waals surface area contributed by atoms with Crippen LogP contribution in [-0.2, 0) is 11.1 Å². The first kappa shape index (κ1) is 17.8. The van der Waals surface area contributed by atoms with Crippen LogP contribution < -0.4 is 0 Å². The number of hydrogen-bond acceptors (Lipinski definition) is 4. The zero-order valence-electron chi connectivity index (χ0n) is 9.90. The topological polar surface area (TPSA) is 40.1 Å². The second-order valence-corrected chi connectivity index (χ2v) is 7.89. The van der Waals surface area contributed by atoms with Crippen molar-refractivity contribution in [2.45, 2.75) is 19.6 Å². The molecule has 0 aliphatic rings. The third kappa shape index (κ3) is 4.24. The summed E-state index contributed by atoms with van der Waals surface area (Å²) in [6.45, 7) is 0. The molecule has 0 saturated carbocycles. The fourth-order valence-electron chi connectivity index (χ4n) is 1.49. The highest BCUT2D eigenvalue weighted by Gasteiger charge is 2.11. The summed E-state index contributed by atoms with van der Waals surface area (Å²) in [5, 5.41) is 0.952. The number of benzene rings is 2. The molecule has 1 atom stereocenters. The van der Waals surface area contributed by atoms with Gasteiger partial charge in [-0.2, -0.15) is 0 Å². The first-order chi connectivity index (χ1) is 9.79. The molecule has 2 aromatic rings. The van der Waals surface area contributed by atoms with Crippen molar-refractivity contribution < 1.29 is 8.76 Å². The predicted octanol–water partition coefficient (Wildman–Crippen LogP) is 5.98. The highest BCUT2D eigenvalue weighted by molar-refractivity contribution is 7.99. The van der Waals surface area contributed by atoms with Crippen LogP contribution in [0, 0.1) is 0 Å². The minimum Gasteiger partial charge on any atom is -0.768 e. The molecule has 112 valence electrons. The van der Waals surface area contributed by atoms with Crippen molar-refractivity contribution >= 4 is 81.9 Å². The Balaban J connectivity index is 2.39. The van der Waals surface area contributed by atoms with Gasteiger partial charge in [0.15, 0.2) is 0 Å². The molecule has 21 heavy (non-hydrogen) atoms. The summed E-state index contributed by atoms with van der Waals surface area (Å²) in [5.41, 5.74) is 0. The molecule has 0 bridgehead atoms. The largest absolute Gasteiger partial charge is 0.768 e. The molecular weight excluding hydrogens is 414 g/mol. The van der Waals surface area contributed by atoms with E-state index in [4.69, 9.17) is 46.4 Å². The standard InChI is InChI=1S/C12H6Cl4O2S3/c13-7-1-5(2-8(14)11(7)19)20-6-3-9(15)12(21(17)18)10(16)4-6/h1-4,19H,(H,17,18)/p-1. The van der Waals surface area contributed by atoms with Crippen molar-refractivity contribution in [3.8, 4) is 0 Å². The average Bonchev–Trinajstić information content (AvgIpc) is 2.34. The van der Waals surface area contributed by atoms with Gasteiger partial charge < -0.3 is 4.55 Å². The molecule has 0 fully saturated rings. The molecule has 1 unspecified atom stereocenters. The Bertz CT molecular complexity index is 690. The number of rotatable bonds is 3. The summed E-state index contributed by atoms with van der Waals surface area (Å²) in [5.74, 6) is 0. The molecular formula is C12H5Cl4O2S3-. The van der Waals surface area contributed by atoms with Crippen molar-refractivity contribution in [2.75, 3.05) is 0 Å². The van der Waals surface area contributed by atoms with E-state index < -0.39 is 11.1 Å². The molecule has 2 rings (SSSR count). The van der Waals surface area contributed by atoms with Gasteiger partial charge in [-0.05, 0) is 35.3 Å². The van der Waals surface area contributed by atoms with E-state index in [0.29, 0.717) is 19.8 Å². The fraction of sp³-hybridized carbons (Fsp3) is 0. The maximum absolute atomic E-state index is 11.0. The molecule has 0 radical (unpaired) electrons. The van der Waals surface area contributed by atoms with Crippen LogP contribution >= 0.6 is 70.8 Å². The Kier molecular flexibility index (Phi) is 6.19. The van der Waals surface area contributed by atoms with Gasteiger partial charge in [-0.1, -0.05) is 58.2 Å². The lowest BCUT2D eigenvalue weighted by molar-refractivity contribution is 0.537. The molecule has 0 N–H and O–H groups in total. The fourth-order valence-corrected chi connectivity index (χ4v) is 4.65. The number of hydrogen-bond donors (Lipinski definition) is 1. The van der Waals surface area contributed by atoms with E-state index in [1.807, 2.05) is 0 Å². The summed E-state index contributed by atoms with van der Waals surface area (Å²) in [6.07, 6.45) is 0. The monoisotopic (exact) mass is 417 g/mol. The van der Waals surface area contributed by atoms with Gasteiger partial charge in [-0.15, -0.1) is 12.6 Å². The molecule has 0 aliphatic carbocycles. The maximum Gasteiger partial charge on any atom is 0.0622 e. The van der Waals surface area contributed by atoms with Gasteiger partial charge >= 0.3 is 0 Å². The van der Waals surface area contributed by atoms with Gasteiger partial charge in [0.05, 0.1) is 25.0 Å². The van der Waals surface area contributed by atoms with Gasteiger partial charge in [0.1, 0.15) is 0 Å². The van der Waals surface area contributed by atoms with E-state index in [2.05, 4.69) is 12.6 Å². The van der Waals surface area contributed by atoms with E-state index in [1.165, 1.54) is 23.9 Å². The van der Waals surface area contributed by atoms with Gasteiger partial charge in [0.2, 0.25) is 0 Å². The minimum absolute atomic E-state index is 0.0568. The Morgan fingerprint density at radius 2 is 1.29 bits per heavy atom. The molecule has 0 saturated heterocycles. The third-order valence-corrected chi connectivity index (χ3v) is 6.24. The van der Waals surface area contributed by atoms with Crippen LogP contribution in [0.2, 0.25) is 20.1 Å². The molecule has 9 heteroatoms. The number of thiol groups is 1. The SMILES string of the molecule is O=S([O-])c1c(Cl)cc(Sc2cc(Cl)c(S)c(Cl)c2)cc1Cl. The highest BCUT2D eigenvalue weighted by atomic mass is 35.5. The minimum atomic E-state index is -2.49. The molecule has 0 aliphatic heterocycles. The normalized spacial score (nSPS) is 12.5. The molecule has 0 aromatic heterocycles. The van der Waals surface area contributed by atoms with Crippen LogP contribution in [0.15, 0.2) is 43.8 Å². The van der Waals surface area contributed by atoms with E-state index >= 15 is 0 Å². The zero-order chi connectivity index (χ0) is 15.7. The van der Waals surface area contributed by atoms with E-state index in [1.54, 1.807) is 12.1 Å². The van der Waals surface area contributed by atoms with E-state index in [9.17, 15) is 8.76 Å². The number of halogens is 4. The Hall–Kier alpha value is 0.410. The Labute approximate surface area is 153 Å². The van der Waals surface area contributed by atoms with Crippen LogP contribution in [-0.4, -0.2) is 8.76 Å². The first-order valence-corrected chi connectivity index (χ1v) is 9.09. The summed E-state index contributed by atoms with van der Waals surface area (Å²) in [4.78, 5) is 1.80. The second-order valence-electron chi connectivity index (χ2n) is 3.79. The van der Waals surface area contributed by atoms with Crippen molar-refractivity contribution in [1.29, 1.82) is 0 Å². The van der Waals surface area contributed by atoms with Gasteiger partial charge in [-0.3, -0.25) is 4.21 Å². The van der Waals surface area contributed by atoms with Crippen molar-refractivity contribution in [3.63, 3.8) is 0 Å². The quantitative estimate of drug-likeness (QED) is 0.492. The van der Waals surface area contributed by atoms with Crippen LogP contribution in [0.25, 0.3) is 0 Å². The summed E-state index contributed by atoms with van der Waals surface area (Å²) >= 11 is 26.8. The first-order valence-electron chi connectivity index (χ1n) is 5.23. The lowest BCUT2D eigenvalue weighted by Crippen LogP contribution is -1.92. The summed E-state index contributed by atoms with van der Waals surface area (Å²) in [6, 6.07) is 6.42.